The second-order valence-electron chi connectivity index (χ2n) is 12.5. The molecule has 4 rings (SSSR count). The van der Waals surface area contributed by atoms with E-state index in [-0.39, 0.29) is 43.7 Å². The Morgan fingerprint density at radius 1 is 0.723 bits per heavy atom. The van der Waals surface area contributed by atoms with Gasteiger partial charge in [-0.05, 0) is 66.5 Å². The lowest BCUT2D eigenvalue weighted by atomic mass is 9.89. The molecule has 0 radical (unpaired) electrons. The molecule has 3 aromatic rings. The summed E-state index contributed by atoms with van der Waals surface area (Å²) in [7, 11) is 0. The molecular formula is C39H58O7S. The summed E-state index contributed by atoms with van der Waals surface area (Å²) in [4.78, 5) is 1.25. The maximum atomic E-state index is 9.56. The van der Waals surface area contributed by atoms with Crippen molar-refractivity contribution in [1.29, 1.82) is 0 Å². The predicted molar refractivity (Wildman–Crippen MR) is 191 cm³/mol. The van der Waals surface area contributed by atoms with E-state index in [4.69, 9.17) is 28.4 Å². The van der Waals surface area contributed by atoms with Crippen molar-refractivity contribution in [3.8, 4) is 5.75 Å². The number of benzene rings is 2. The van der Waals surface area contributed by atoms with Crippen molar-refractivity contribution in [2.75, 3.05) is 46.2 Å². The average molecular weight is 671 g/mol. The van der Waals surface area contributed by atoms with Crippen LogP contribution in [0.2, 0.25) is 0 Å². The van der Waals surface area contributed by atoms with Gasteiger partial charge in [-0.2, -0.15) is 0 Å². The molecule has 2 heterocycles. The minimum Gasteiger partial charge on any atom is -0.491 e. The summed E-state index contributed by atoms with van der Waals surface area (Å²) in [5, 5.41) is 10.8. The SMILES string of the molecule is CCCCOC[C@H]1O[C@@H](c2ccc(OCCO)c(Cc3cc4ccccc4s3)c2)[C@H](OCCCC)[C@@H](OCCCC)[C@@H]1OCCCC. The van der Waals surface area contributed by atoms with Gasteiger partial charge in [0, 0.05) is 42.4 Å². The third-order valence-corrected chi connectivity index (χ3v) is 9.70. The van der Waals surface area contributed by atoms with Gasteiger partial charge in [-0.15, -0.1) is 11.3 Å². The highest BCUT2D eigenvalue weighted by Gasteiger charge is 2.48. The lowest BCUT2D eigenvalue weighted by molar-refractivity contribution is -0.268. The van der Waals surface area contributed by atoms with Crippen molar-refractivity contribution in [3.63, 3.8) is 0 Å². The largest absolute Gasteiger partial charge is 0.491 e. The Morgan fingerprint density at radius 2 is 1.38 bits per heavy atom. The summed E-state index contributed by atoms with van der Waals surface area (Å²) in [6, 6.07) is 17.0. The molecule has 1 N–H and O–H groups in total. The number of rotatable bonds is 23. The molecule has 1 aromatic heterocycles. The van der Waals surface area contributed by atoms with Gasteiger partial charge in [0.25, 0.3) is 0 Å². The fraction of sp³-hybridized carbons (Fsp3) is 0.641. The van der Waals surface area contributed by atoms with E-state index >= 15 is 0 Å². The molecule has 262 valence electrons. The Hall–Kier alpha value is -2.04. The zero-order valence-electron chi connectivity index (χ0n) is 29.1. The van der Waals surface area contributed by atoms with Gasteiger partial charge >= 0.3 is 0 Å². The Labute approximate surface area is 286 Å². The molecule has 0 unspecified atom stereocenters. The predicted octanol–water partition coefficient (Wildman–Crippen LogP) is 8.68. The molecule has 0 bridgehead atoms. The summed E-state index contributed by atoms with van der Waals surface area (Å²) in [5.41, 5.74) is 2.08. The van der Waals surface area contributed by atoms with Gasteiger partial charge in [0.05, 0.1) is 13.2 Å². The molecule has 2 aromatic carbocycles. The van der Waals surface area contributed by atoms with Crippen molar-refractivity contribution in [2.45, 2.75) is 116 Å². The number of thiophene rings is 1. The van der Waals surface area contributed by atoms with Crippen molar-refractivity contribution < 1.29 is 33.5 Å². The minimum absolute atomic E-state index is 0.0426. The van der Waals surface area contributed by atoms with Crippen molar-refractivity contribution in [1.82, 2.24) is 0 Å². The zero-order valence-corrected chi connectivity index (χ0v) is 29.9. The van der Waals surface area contributed by atoms with Crippen LogP contribution in [0.25, 0.3) is 10.1 Å². The number of unbranched alkanes of at least 4 members (excludes halogenated alkanes) is 4. The first kappa shape index (κ1) is 37.8. The van der Waals surface area contributed by atoms with Crippen molar-refractivity contribution in [3.05, 3.63) is 64.5 Å². The normalized spacial score (nSPS) is 21.4. The number of aliphatic hydroxyl groups excluding tert-OH is 1. The Bertz CT molecular complexity index is 1250. The molecule has 1 saturated heterocycles. The van der Waals surface area contributed by atoms with Gasteiger partial charge in [-0.25, -0.2) is 0 Å². The minimum atomic E-state index is -0.377. The molecule has 0 saturated carbocycles. The molecule has 47 heavy (non-hydrogen) atoms. The highest BCUT2D eigenvalue weighted by atomic mass is 32.1. The number of hydrogen-bond acceptors (Lipinski definition) is 8. The first-order chi connectivity index (χ1) is 23.1. The van der Waals surface area contributed by atoms with Gasteiger partial charge in [-0.3, -0.25) is 0 Å². The fourth-order valence-electron chi connectivity index (χ4n) is 5.95. The van der Waals surface area contributed by atoms with E-state index in [1.54, 1.807) is 11.3 Å². The summed E-state index contributed by atoms with van der Waals surface area (Å²) in [5.74, 6) is 0.774. The number of aliphatic hydroxyl groups is 1. The van der Waals surface area contributed by atoms with E-state index in [1.165, 1.54) is 15.0 Å². The molecule has 0 aliphatic carbocycles. The second kappa shape index (κ2) is 21.1. The third kappa shape index (κ3) is 11.2. The van der Waals surface area contributed by atoms with Crippen molar-refractivity contribution in [2.24, 2.45) is 0 Å². The lowest BCUT2D eigenvalue weighted by Gasteiger charge is -2.46. The van der Waals surface area contributed by atoms with E-state index in [0.717, 1.165) is 68.2 Å². The van der Waals surface area contributed by atoms with Crippen LogP contribution in [-0.2, 0) is 30.1 Å². The van der Waals surface area contributed by atoms with Crippen LogP contribution in [0.4, 0.5) is 0 Å². The van der Waals surface area contributed by atoms with Crippen LogP contribution in [0.15, 0.2) is 48.5 Å². The molecule has 0 amide bonds. The highest BCUT2D eigenvalue weighted by molar-refractivity contribution is 7.19. The zero-order chi connectivity index (χ0) is 33.3. The quantitative estimate of drug-likeness (QED) is 0.101. The number of fused-ring (bicyclic) bond motifs is 1. The van der Waals surface area contributed by atoms with Gasteiger partial charge in [0.1, 0.15) is 42.9 Å². The Kier molecular flexibility index (Phi) is 17.0. The van der Waals surface area contributed by atoms with Crippen LogP contribution in [0, 0.1) is 0 Å². The summed E-state index contributed by atoms with van der Waals surface area (Å²) >= 11 is 1.80. The summed E-state index contributed by atoms with van der Waals surface area (Å²) in [6.07, 6.45) is 7.22. The van der Waals surface area contributed by atoms with Gasteiger partial charge in [0.15, 0.2) is 0 Å². The maximum Gasteiger partial charge on any atom is 0.122 e. The average Bonchev–Trinajstić information content (AvgIpc) is 3.50. The lowest BCUT2D eigenvalue weighted by Crippen LogP contribution is -2.58. The van der Waals surface area contributed by atoms with Gasteiger partial charge in [-0.1, -0.05) is 77.6 Å². The molecular weight excluding hydrogens is 612 g/mol. The van der Waals surface area contributed by atoms with Crippen LogP contribution in [-0.4, -0.2) is 75.8 Å². The van der Waals surface area contributed by atoms with Gasteiger partial charge in [0.2, 0.25) is 0 Å². The smallest absolute Gasteiger partial charge is 0.122 e. The monoisotopic (exact) mass is 670 g/mol. The van der Waals surface area contributed by atoms with Crippen LogP contribution >= 0.6 is 11.3 Å². The first-order valence-electron chi connectivity index (χ1n) is 18.0. The van der Waals surface area contributed by atoms with E-state index in [1.807, 2.05) is 6.07 Å². The van der Waals surface area contributed by atoms with Crippen LogP contribution in [0.5, 0.6) is 5.75 Å². The molecule has 8 heteroatoms. The van der Waals surface area contributed by atoms with Crippen LogP contribution < -0.4 is 4.74 Å². The molecule has 1 aliphatic heterocycles. The van der Waals surface area contributed by atoms with Crippen LogP contribution in [0.1, 0.15) is 101 Å². The standard InChI is InChI=1S/C39H58O7S/c1-5-9-20-41-28-34-37(43-21-10-6-2)39(45-23-12-8-4)38(44-22-11-7-3)36(46-34)30-17-18-33(42-24-19-40)31(25-30)27-32-26-29-15-13-14-16-35(29)47-32/h13-18,25-26,34,36-40H,5-12,19-24,27-28H2,1-4H3/t34-,36+,37-,38+,39+/m1/s1. The van der Waals surface area contributed by atoms with E-state index in [0.29, 0.717) is 39.5 Å². The fourth-order valence-corrected chi connectivity index (χ4v) is 7.04. The molecule has 7 nitrogen and oxygen atoms in total. The van der Waals surface area contributed by atoms with Crippen molar-refractivity contribution >= 4 is 21.4 Å². The summed E-state index contributed by atoms with van der Waals surface area (Å²) in [6.45, 7) is 12.0. The van der Waals surface area contributed by atoms with E-state index in [2.05, 4.69) is 70.2 Å². The van der Waals surface area contributed by atoms with E-state index in [9.17, 15) is 5.11 Å². The van der Waals surface area contributed by atoms with E-state index < -0.39 is 0 Å². The number of ether oxygens (including phenoxy) is 6. The van der Waals surface area contributed by atoms with Crippen LogP contribution in [0.3, 0.4) is 0 Å². The van der Waals surface area contributed by atoms with Gasteiger partial charge < -0.3 is 33.5 Å². The molecule has 1 aliphatic rings. The molecule has 0 spiro atoms. The molecule has 1 fully saturated rings. The molecule has 5 atom stereocenters. The Morgan fingerprint density at radius 3 is 2.06 bits per heavy atom. The topological polar surface area (TPSA) is 75.6 Å². The maximum absolute atomic E-state index is 9.56. The number of hydrogen-bond donors (Lipinski definition) is 1. The summed E-state index contributed by atoms with van der Waals surface area (Å²) < 4.78 is 40.6. The first-order valence-corrected chi connectivity index (χ1v) is 18.9. The Balaban J connectivity index is 1.72. The second-order valence-corrected chi connectivity index (χ2v) is 13.6. The third-order valence-electron chi connectivity index (χ3n) is 8.59. The highest BCUT2D eigenvalue weighted by Crippen LogP contribution is 2.40.